The molecule has 0 fully saturated rings. The largest absolute Gasteiger partial charge is 0.489 e. The minimum absolute atomic E-state index is 0.0939. The molecule has 1 aliphatic rings. The summed E-state index contributed by atoms with van der Waals surface area (Å²) in [6.45, 7) is 5.57. The Morgan fingerprint density at radius 2 is 1.67 bits per heavy atom. The van der Waals surface area contributed by atoms with Gasteiger partial charge < -0.3 is 10.1 Å². The van der Waals surface area contributed by atoms with E-state index in [1.54, 1.807) is 42.5 Å². The van der Waals surface area contributed by atoms with E-state index in [9.17, 15) is 14.0 Å². The van der Waals surface area contributed by atoms with Crippen LogP contribution in [0.15, 0.2) is 72.4 Å². The second kappa shape index (κ2) is 9.08. The van der Waals surface area contributed by atoms with Crippen LogP contribution in [0.5, 0.6) is 5.75 Å². The van der Waals surface area contributed by atoms with Crippen LogP contribution < -0.4 is 15.0 Å². The molecule has 5 nitrogen and oxygen atoms in total. The van der Waals surface area contributed by atoms with Crippen molar-refractivity contribution in [2.45, 2.75) is 26.9 Å². The molecule has 1 N–H and O–H groups in total. The zero-order chi connectivity index (χ0) is 23.7. The van der Waals surface area contributed by atoms with Gasteiger partial charge in [0.1, 0.15) is 17.3 Å². The van der Waals surface area contributed by atoms with E-state index in [2.05, 4.69) is 5.32 Å². The summed E-state index contributed by atoms with van der Waals surface area (Å²) < 4.78 is 19.4. The molecular formula is C26H22ClFN2O3. The van der Waals surface area contributed by atoms with Crippen LogP contribution in [0.4, 0.5) is 15.8 Å². The molecule has 0 saturated carbocycles. The summed E-state index contributed by atoms with van der Waals surface area (Å²) in [5, 5.41) is 3.67. The van der Waals surface area contributed by atoms with Crippen LogP contribution in [0.25, 0.3) is 5.57 Å². The van der Waals surface area contributed by atoms with Crippen molar-refractivity contribution in [3.05, 3.63) is 94.4 Å². The van der Waals surface area contributed by atoms with Crippen molar-refractivity contribution in [2.75, 3.05) is 10.2 Å². The lowest BCUT2D eigenvalue weighted by atomic mass is 10.0. The number of nitrogens with one attached hydrogen (secondary N) is 1. The van der Waals surface area contributed by atoms with Gasteiger partial charge in [-0.15, -0.1) is 0 Å². The minimum Gasteiger partial charge on any atom is -0.489 e. The summed E-state index contributed by atoms with van der Waals surface area (Å²) in [6, 6.07) is 17.5. The lowest BCUT2D eigenvalue weighted by molar-refractivity contribution is -0.120. The van der Waals surface area contributed by atoms with Gasteiger partial charge in [-0.25, -0.2) is 9.29 Å². The lowest BCUT2D eigenvalue weighted by Crippen LogP contribution is -2.33. The molecule has 3 aromatic carbocycles. The highest BCUT2D eigenvalue weighted by atomic mass is 35.5. The lowest BCUT2D eigenvalue weighted by Gasteiger charge is -2.20. The third-order valence-electron chi connectivity index (χ3n) is 5.13. The highest BCUT2D eigenvalue weighted by Gasteiger charge is 2.41. The maximum absolute atomic E-state index is 13.6. The van der Waals surface area contributed by atoms with E-state index < -0.39 is 17.6 Å². The highest BCUT2D eigenvalue weighted by molar-refractivity contribution is 6.46. The number of para-hydroxylation sites is 2. The number of aryl methyl sites for hydroxylation is 1. The smallest absolute Gasteiger partial charge is 0.282 e. The summed E-state index contributed by atoms with van der Waals surface area (Å²) in [6.07, 6.45) is -0.155. The molecule has 168 valence electrons. The molecule has 0 atom stereocenters. The van der Waals surface area contributed by atoms with Crippen LogP contribution in [0.1, 0.15) is 25.0 Å². The fourth-order valence-corrected chi connectivity index (χ4v) is 3.87. The molecule has 33 heavy (non-hydrogen) atoms. The molecular weight excluding hydrogens is 443 g/mol. The number of carbonyl (C=O) groups excluding carboxylic acids is 2. The Hall–Kier alpha value is -3.64. The van der Waals surface area contributed by atoms with E-state index in [-0.39, 0.29) is 17.4 Å². The first-order chi connectivity index (χ1) is 15.8. The number of anilines is 2. The summed E-state index contributed by atoms with van der Waals surface area (Å²) >= 11 is 6.07. The van der Waals surface area contributed by atoms with E-state index in [0.29, 0.717) is 27.7 Å². The number of benzene rings is 3. The number of halogens is 2. The van der Waals surface area contributed by atoms with Crippen molar-refractivity contribution in [1.29, 1.82) is 0 Å². The highest BCUT2D eigenvalue weighted by Crippen LogP contribution is 2.38. The molecule has 0 spiro atoms. The van der Waals surface area contributed by atoms with Gasteiger partial charge in [-0.05, 0) is 74.4 Å². The van der Waals surface area contributed by atoms with Gasteiger partial charge in [0.15, 0.2) is 0 Å². The first-order valence-electron chi connectivity index (χ1n) is 10.4. The topological polar surface area (TPSA) is 58.6 Å². The molecule has 4 rings (SSSR count). The minimum atomic E-state index is -0.534. The van der Waals surface area contributed by atoms with E-state index in [0.717, 1.165) is 10.5 Å². The first kappa shape index (κ1) is 22.6. The zero-order valence-corrected chi connectivity index (χ0v) is 19.1. The number of carbonyl (C=O) groups is 2. The number of rotatable bonds is 6. The second-order valence-electron chi connectivity index (χ2n) is 7.92. The number of nitrogens with zero attached hydrogens (tertiary/aromatic N) is 1. The Balaban J connectivity index is 1.84. The predicted molar refractivity (Wildman–Crippen MR) is 128 cm³/mol. The molecule has 0 aromatic heterocycles. The van der Waals surface area contributed by atoms with Gasteiger partial charge in [-0.1, -0.05) is 35.9 Å². The van der Waals surface area contributed by atoms with Gasteiger partial charge in [0.25, 0.3) is 11.8 Å². The van der Waals surface area contributed by atoms with Crippen molar-refractivity contribution in [3.8, 4) is 5.75 Å². The molecule has 1 aliphatic heterocycles. The average molecular weight is 465 g/mol. The van der Waals surface area contributed by atoms with Crippen LogP contribution in [0.3, 0.4) is 0 Å². The number of amides is 2. The molecule has 0 bridgehead atoms. The third-order valence-corrected chi connectivity index (χ3v) is 5.37. The molecule has 7 heteroatoms. The van der Waals surface area contributed by atoms with Crippen LogP contribution >= 0.6 is 11.6 Å². The SMILES string of the molecule is Cc1cc(Cl)ccc1NC1=C(c2ccc(F)cc2)C(=O)N(c2ccccc2OC(C)C)C1=O. The number of imide groups is 1. The standard InChI is InChI=1S/C26H22ClFN2O3/c1-15(2)33-22-7-5-4-6-21(22)30-25(31)23(17-8-11-19(28)12-9-17)24(26(30)32)29-20-13-10-18(27)14-16(20)3/h4-15,29H,1-3H3. The summed E-state index contributed by atoms with van der Waals surface area (Å²) in [7, 11) is 0. The van der Waals surface area contributed by atoms with Crippen LogP contribution in [0, 0.1) is 12.7 Å². The normalized spacial score (nSPS) is 13.8. The van der Waals surface area contributed by atoms with E-state index >= 15 is 0 Å². The predicted octanol–water partition coefficient (Wildman–Crippen LogP) is 5.97. The third kappa shape index (κ3) is 4.47. The van der Waals surface area contributed by atoms with Crippen LogP contribution in [0.2, 0.25) is 5.02 Å². The van der Waals surface area contributed by atoms with Crippen molar-refractivity contribution >= 4 is 40.4 Å². The summed E-state index contributed by atoms with van der Waals surface area (Å²) in [5.74, 6) is -1.09. The quantitative estimate of drug-likeness (QED) is 0.456. The van der Waals surface area contributed by atoms with Crippen molar-refractivity contribution in [3.63, 3.8) is 0 Å². The van der Waals surface area contributed by atoms with Gasteiger partial charge in [0.05, 0.1) is 17.4 Å². The average Bonchev–Trinajstić information content (AvgIpc) is 3.00. The molecule has 0 unspecified atom stereocenters. The van der Waals surface area contributed by atoms with Crippen LogP contribution in [-0.2, 0) is 9.59 Å². The Labute approximate surface area is 196 Å². The second-order valence-corrected chi connectivity index (χ2v) is 8.36. The molecule has 1 heterocycles. The first-order valence-corrected chi connectivity index (χ1v) is 10.8. The molecule has 3 aromatic rings. The maximum Gasteiger partial charge on any atom is 0.282 e. The zero-order valence-electron chi connectivity index (χ0n) is 18.4. The van der Waals surface area contributed by atoms with E-state index in [1.807, 2.05) is 20.8 Å². The molecule has 0 aliphatic carbocycles. The van der Waals surface area contributed by atoms with Gasteiger partial charge in [0, 0.05) is 10.7 Å². The molecule has 0 radical (unpaired) electrons. The monoisotopic (exact) mass is 464 g/mol. The van der Waals surface area contributed by atoms with Crippen LogP contribution in [-0.4, -0.2) is 17.9 Å². The van der Waals surface area contributed by atoms with E-state index in [4.69, 9.17) is 16.3 Å². The molecule has 2 amide bonds. The summed E-state index contributed by atoms with van der Waals surface area (Å²) in [4.78, 5) is 28.3. The van der Waals surface area contributed by atoms with E-state index in [1.165, 1.54) is 24.3 Å². The molecule has 0 saturated heterocycles. The van der Waals surface area contributed by atoms with Crippen molar-refractivity contribution < 1.29 is 18.7 Å². The van der Waals surface area contributed by atoms with Gasteiger partial charge >= 0.3 is 0 Å². The van der Waals surface area contributed by atoms with Gasteiger partial charge in [0.2, 0.25) is 0 Å². The Bertz CT molecular complexity index is 1270. The number of ether oxygens (including phenoxy) is 1. The Kier molecular flexibility index (Phi) is 6.20. The maximum atomic E-state index is 13.6. The number of hydrogen-bond donors (Lipinski definition) is 1. The fraction of sp³-hybridized carbons (Fsp3) is 0.154. The fourth-order valence-electron chi connectivity index (χ4n) is 3.65. The van der Waals surface area contributed by atoms with Crippen molar-refractivity contribution in [1.82, 2.24) is 0 Å². The van der Waals surface area contributed by atoms with Gasteiger partial charge in [-0.3, -0.25) is 9.59 Å². The Morgan fingerprint density at radius 3 is 2.33 bits per heavy atom. The summed E-state index contributed by atoms with van der Waals surface area (Å²) in [5.41, 5.74) is 2.43. The number of hydrogen-bond acceptors (Lipinski definition) is 4. The Morgan fingerprint density at radius 1 is 0.970 bits per heavy atom. The van der Waals surface area contributed by atoms with Gasteiger partial charge in [-0.2, -0.15) is 0 Å². The van der Waals surface area contributed by atoms with Crippen molar-refractivity contribution in [2.24, 2.45) is 0 Å².